The van der Waals surface area contributed by atoms with Gasteiger partial charge in [0.05, 0.1) is 11.2 Å². The lowest BCUT2D eigenvalue weighted by Crippen LogP contribution is -2.07. The van der Waals surface area contributed by atoms with Crippen LogP contribution in [-0.4, -0.2) is 26.7 Å². The summed E-state index contributed by atoms with van der Waals surface area (Å²) in [5, 5.41) is 11.0. The minimum Gasteiger partial charge on any atom is -0.398 e. The van der Waals surface area contributed by atoms with Crippen molar-refractivity contribution in [3.05, 3.63) is 42.6 Å². The number of nitrogen functional groups attached to an aromatic ring is 1. The summed E-state index contributed by atoms with van der Waals surface area (Å²) in [6.07, 6.45) is 4.05. The van der Waals surface area contributed by atoms with Crippen molar-refractivity contribution in [1.82, 2.24) is 20.2 Å². The van der Waals surface area contributed by atoms with Gasteiger partial charge in [0.25, 0.3) is 0 Å². The van der Waals surface area contributed by atoms with Gasteiger partial charge in [-0.15, -0.1) is 0 Å². The maximum atomic E-state index is 5.94. The van der Waals surface area contributed by atoms with E-state index < -0.39 is 0 Å². The molecule has 0 aliphatic carbocycles. The second kappa shape index (κ2) is 4.93. The van der Waals surface area contributed by atoms with Crippen LogP contribution in [0.4, 0.5) is 11.4 Å². The molecule has 0 fully saturated rings. The normalized spacial score (nSPS) is 10.7. The number of fused-ring (bicyclic) bond motifs is 1. The number of aromatic amines is 1. The zero-order valence-corrected chi connectivity index (χ0v) is 10.3. The molecule has 96 valence electrons. The first-order valence-corrected chi connectivity index (χ1v) is 6.06. The number of anilines is 2. The van der Waals surface area contributed by atoms with Gasteiger partial charge in [-0.05, 0) is 24.3 Å². The highest BCUT2D eigenvalue weighted by atomic mass is 15.2. The first kappa shape index (κ1) is 11.5. The fraction of sp³-hybridized carbons (Fsp3) is 0.154. The predicted octanol–water partition coefficient (Wildman–Crippen LogP) is 1.59. The maximum Gasteiger partial charge on any atom is 0.137 e. The number of aromatic nitrogens is 4. The summed E-state index contributed by atoms with van der Waals surface area (Å²) in [5.74, 6) is 0.861. The first-order valence-electron chi connectivity index (χ1n) is 6.06. The SMILES string of the molecule is Nc1ccc(NCCc2ncn[nH]2)c2ncccc12. The van der Waals surface area contributed by atoms with E-state index in [9.17, 15) is 0 Å². The topological polar surface area (TPSA) is 92.5 Å². The van der Waals surface area contributed by atoms with Crippen LogP contribution in [0.5, 0.6) is 0 Å². The van der Waals surface area contributed by atoms with Crippen LogP contribution in [0.3, 0.4) is 0 Å². The number of pyridine rings is 1. The van der Waals surface area contributed by atoms with Gasteiger partial charge in [0, 0.05) is 30.2 Å². The molecule has 0 saturated heterocycles. The van der Waals surface area contributed by atoms with E-state index in [1.54, 1.807) is 6.20 Å². The van der Waals surface area contributed by atoms with Gasteiger partial charge in [-0.1, -0.05) is 0 Å². The van der Waals surface area contributed by atoms with Crippen molar-refractivity contribution in [3.8, 4) is 0 Å². The highest BCUT2D eigenvalue weighted by Gasteiger charge is 2.04. The van der Waals surface area contributed by atoms with Crippen LogP contribution in [0.25, 0.3) is 10.9 Å². The van der Waals surface area contributed by atoms with E-state index >= 15 is 0 Å². The summed E-state index contributed by atoms with van der Waals surface area (Å²) in [7, 11) is 0. The second-order valence-electron chi connectivity index (χ2n) is 4.21. The lowest BCUT2D eigenvalue weighted by atomic mass is 10.1. The molecule has 0 aliphatic rings. The Hall–Kier alpha value is -2.63. The number of H-pyrrole nitrogens is 1. The Balaban J connectivity index is 1.79. The number of benzene rings is 1. The van der Waals surface area contributed by atoms with Crippen molar-refractivity contribution >= 4 is 22.3 Å². The van der Waals surface area contributed by atoms with Gasteiger partial charge in [0.2, 0.25) is 0 Å². The fourth-order valence-corrected chi connectivity index (χ4v) is 2.00. The molecule has 0 spiro atoms. The quantitative estimate of drug-likeness (QED) is 0.615. The number of nitrogens with two attached hydrogens (primary N) is 1. The van der Waals surface area contributed by atoms with Crippen molar-refractivity contribution in [2.24, 2.45) is 0 Å². The Morgan fingerprint density at radius 3 is 3.00 bits per heavy atom. The van der Waals surface area contributed by atoms with Crippen LogP contribution in [0, 0.1) is 0 Å². The molecule has 4 N–H and O–H groups in total. The molecule has 0 unspecified atom stereocenters. The molecule has 3 aromatic rings. The van der Waals surface area contributed by atoms with Crippen LogP contribution in [0.1, 0.15) is 5.82 Å². The first-order chi connectivity index (χ1) is 9.34. The van der Waals surface area contributed by atoms with Crippen LogP contribution in [-0.2, 0) is 6.42 Å². The summed E-state index contributed by atoms with van der Waals surface area (Å²) in [5.41, 5.74) is 8.54. The summed E-state index contributed by atoms with van der Waals surface area (Å²) >= 11 is 0. The Kier molecular flexibility index (Phi) is 2.97. The molecule has 0 bridgehead atoms. The monoisotopic (exact) mass is 254 g/mol. The third-order valence-corrected chi connectivity index (χ3v) is 2.95. The average molecular weight is 254 g/mol. The second-order valence-corrected chi connectivity index (χ2v) is 4.21. The van der Waals surface area contributed by atoms with E-state index in [0.29, 0.717) is 0 Å². The fourth-order valence-electron chi connectivity index (χ4n) is 2.00. The van der Waals surface area contributed by atoms with E-state index in [-0.39, 0.29) is 0 Å². The van der Waals surface area contributed by atoms with E-state index in [1.165, 1.54) is 6.33 Å². The Labute approximate surface area is 110 Å². The molecular formula is C13H14N6. The molecule has 0 saturated carbocycles. The predicted molar refractivity (Wildman–Crippen MR) is 74.7 cm³/mol. The third-order valence-electron chi connectivity index (χ3n) is 2.95. The van der Waals surface area contributed by atoms with Gasteiger partial charge in [-0.25, -0.2) is 4.98 Å². The molecule has 2 heterocycles. The van der Waals surface area contributed by atoms with Gasteiger partial charge in [-0.2, -0.15) is 5.10 Å². The van der Waals surface area contributed by atoms with Gasteiger partial charge >= 0.3 is 0 Å². The lowest BCUT2D eigenvalue weighted by Gasteiger charge is -2.09. The Morgan fingerprint density at radius 2 is 2.16 bits per heavy atom. The zero-order valence-electron chi connectivity index (χ0n) is 10.3. The molecule has 6 nitrogen and oxygen atoms in total. The van der Waals surface area contributed by atoms with Crippen LogP contribution >= 0.6 is 0 Å². The molecule has 3 rings (SSSR count). The standard InChI is InChI=1S/C13H14N6/c14-10-3-4-11(13-9(10)2-1-6-16-13)15-7-5-12-17-8-18-19-12/h1-4,6,8,15H,5,7,14H2,(H,17,18,19). The molecule has 0 aliphatic heterocycles. The molecule has 0 atom stereocenters. The highest BCUT2D eigenvalue weighted by molar-refractivity contribution is 5.98. The number of nitrogens with one attached hydrogen (secondary N) is 2. The summed E-state index contributed by atoms with van der Waals surface area (Å²) in [6.45, 7) is 0.755. The largest absolute Gasteiger partial charge is 0.398 e. The third kappa shape index (κ3) is 2.33. The van der Waals surface area contributed by atoms with E-state index in [1.807, 2.05) is 24.3 Å². The zero-order chi connectivity index (χ0) is 13.1. The number of rotatable bonds is 4. The van der Waals surface area contributed by atoms with Gasteiger partial charge < -0.3 is 11.1 Å². The Morgan fingerprint density at radius 1 is 1.21 bits per heavy atom. The van der Waals surface area contributed by atoms with E-state index in [0.717, 1.165) is 41.1 Å². The van der Waals surface area contributed by atoms with E-state index in [2.05, 4.69) is 25.5 Å². The van der Waals surface area contributed by atoms with Crippen molar-refractivity contribution in [2.45, 2.75) is 6.42 Å². The van der Waals surface area contributed by atoms with Crippen LogP contribution in [0.2, 0.25) is 0 Å². The summed E-state index contributed by atoms with van der Waals surface area (Å²) < 4.78 is 0. The summed E-state index contributed by atoms with van der Waals surface area (Å²) in [6, 6.07) is 7.70. The molecule has 0 radical (unpaired) electrons. The smallest absolute Gasteiger partial charge is 0.137 e. The lowest BCUT2D eigenvalue weighted by molar-refractivity contribution is 0.902. The van der Waals surface area contributed by atoms with Gasteiger partial charge in [0.15, 0.2) is 0 Å². The Bertz CT molecular complexity index is 677. The number of hydrogen-bond donors (Lipinski definition) is 3. The van der Waals surface area contributed by atoms with Crippen molar-refractivity contribution < 1.29 is 0 Å². The van der Waals surface area contributed by atoms with Crippen molar-refractivity contribution in [2.75, 3.05) is 17.6 Å². The van der Waals surface area contributed by atoms with E-state index in [4.69, 9.17) is 5.73 Å². The average Bonchev–Trinajstić information content (AvgIpc) is 2.95. The molecule has 2 aromatic heterocycles. The van der Waals surface area contributed by atoms with Gasteiger partial charge in [0.1, 0.15) is 12.2 Å². The van der Waals surface area contributed by atoms with Crippen LogP contribution < -0.4 is 11.1 Å². The molecular weight excluding hydrogens is 240 g/mol. The van der Waals surface area contributed by atoms with Crippen LogP contribution in [0.15, 0.2) is 36.8 Å². The molecule has 0 amide bonds. The molecule has 19 heavy (non-hydrogen) atoms. The summed E-state index contributed by atoms with van der Waals surface area (Å²) in [4.78, 5) is 8.46. The van der Waals surface area contributed by atoms with Gasteiger partial charge in [-0.3, -0.25) is 10.1 Å². The van der Waals surface area contributed by atoms with Crippen molar-refractivity contribution in [1.29, 1.82) is 0 Å². The highest BCUT2D eigenvalue weighted by Crippen LogP contribution is 2.25. The van der Waals surface area contributed by atoms with Crippen molar-refractivity contribution in [3.63, 3.8) is 0 Å². The maximum absolute atomic E-state index is 5.94. The minimum absolute atomic E-state index is 0.740. The number of hydrogen-bond acceptors (Lipinski definition) is 5. The minimum atomic E-state index is 0.740. The molecule has 1 aromatic carbocycles. The molecule has 6 heteroatoms. The number of nitrogens with zero attached hydrogens (tertiary/aromatic N) is 3.